The molecule has 0 spiro atoms. The van der Waals surface area contributed by atoms with Gasteiger partial charge >= 0.3 is 5.97 Å². The number of aliphatic imine (C=N–C) groups is 1. The number of amides is 2. The summed E-state index contributed by atoms with van der Waals surface area (Å²) in [6, 6.07) is 15.2. The molecule has 1 fully saturated rings. The number of hydrogen-bond acceptors (Lipinski definition) is 4. The van der Waals surface area contributed by atoms with Crippen LogP contribution < -0.4 is 11.5 Å². The Morgan fingerprint density at radius 2 is 1.62 bits per heavy atom. The lowest BCUT2D eigenvalue weighted by molar-refractivity contribution is -0.166. The summed E-state index contributed by atoms with van der Waals surface area (Å²) in [6.07, 6.45) is 0.745. The van der Waals surface area contributed by atoms with Gasteiger partial charge in [-0.3, -0.25) is 19.5 Å². The van der Waals surface area contributed by atoms with Crippen LogP contribution >= 0.6 is 0 Å². The van der Waals surface area contributed by atoms with Crippen LogP contribution in [-0.2, 0) is 9.59 Å². The van der Waals surface area contributed by atoms with Crippen LogP contribution in [0.1, 0.15) is 23.2 Å². The van der Waals surface area contributed by atoms with Gasteiger partial charge in [-0.1, -0.05) is 42.5 Å². The summed E-state index contributed by atoms with van der Waals surface area (Å²) in [5, 5.41) is 9.51. The zero-order valence-electron chi connectivity index (χ0n) is 15.7. The van der Waals surface area contributed by atoms with E-state index in [2.05, 4.69) is 4.99 Å². The number of nitrogens with two attached hydrogens (primary N) is 2. The van der Waals surface area contributed by atoms with Gasteiger partial charge in [0.05, 0.1) is 5.92 Å². The Hall–Kier alpha value is -3.68. The number of likely N-dealkylation sites (tertiary alicyclic amines) is 1. The minimum atomic E-state index is -1.20. The Bertz CT molecular complexity index is 937. The molecule has 2 aromatic rings. The van der Waals surface area contributed by atoms with Crippen LogP contribution in [0.5, 0.6) is 0 Å². The number of carboxylic acid groups (broad SMARTS) is 1. The number of carboxylic acids is 1. The van der Waals surface area contributed by atoms with E-state index in [-0.39, 0.29) is 11.5 Å². The van der Waals surface area contributed by atoms with Gasteiger partial charge in [0, 0.05) is 12.1 Å². The molecule has 0 saturated carbocycles. The number of β-lactam (4-membered cyclic amide) rings is 1. The number of rotatable bonds is 7. The van der Waals surface area contributed by atoms with Gasteiger partial charge in [-0.05, 0) is 36.1 Å². The Labute approximate surface area is 167 Å². The van der Waals surface area contributed by atoms with Crippen molar-refractivity contribution < 1.29 is 19.5 Å². The van der Waals surface area contributed by atoms with Crippen molar-refractivity contribution in [2.75, 3.05) is 6.54 Å². The fraction of sp³-hybridized carbons (Fsp3) is 0.238. The quantitative estimate of drug-likeness (QED) is 0.214. The van der Waals surface area contributed by atoms with Crippen molar-refractivity contribution in [3.8, 4) is 11.1 Å². The number of benzene rings is 2. The predicted molar refractivity (Wildman–Crippen MR) is 108 cm³/mol. The van der Waals surface area contributed by atoms with Gasteiger partial charge in [-0.2, -0.15) is 0 Å². The van der Waals surface area contributed by atoms with Gasteiger partial charge in [0.25, 0.3) is 5.91 Å². The standard InChI is InChI=1S/C21H22N4O4/c22-21(23)24-12-4-7-16-17(20(28)29)25(19(16)27)18(26)15-10-8-14(9-11-15)13-5-2-1-3-6-13/h1-3,5-6,8-11,16-17H,4,7,12H2,(H,28,29)(H4,22,23,24)/t16-,17+/m1/s1. The molecule has 0 unspecified atom stereocenters. The summed E-state index contributed by atoms with van der Waals surface area (Å²) in [5.74, 6) is -3.11. The van der Waals surface area contributed by atoms with Crippen LogP contribution in [0.4, 0.5) is 0 Å². The first kappa shape index (κ1) is 20.1. The fourth-order valence-corrected chi connectivity index (χ4v) is 3.43. The molecule has 2 aromatic carbocycles. The van der Waals surface area contributed by atoms with E-state index in [0.29, 0.717) is 19.4 Å². The Balaban J connectivity index is 1.70. The van der Waals surface area contributed by atoms with Crippen LogP contribution in [0.25, 0.3) is 11.1 Å². The van der Waals surface area contributed by atoms with Crippen LogP contribution in [0, 0.1) is 5.92 Å². The maximum Gasteiger partial charge on any atom is 0.327 e. The molecule has 0 bridgehead atoms. The monoisotopic (exact) mass is 394 g/mol. The van der Waals surface area contributed by atoms with Crippen molar-refractivity contribution in [3.05, 3.63) is 60.2 Å². The zero-order chi connectivity index (χ0) is 21.0. The van der Waals surface area contributed by atoms with E-state index in [0.717, 1.165) is 16.0 Å². The minimum absolute atomic E-state index is 0.0597. The molecule has 0 aromatic heterocycles. The highest BCUT2D eigenvalue weighted by molar-refractivity contribution is 6.13. The Morgan fingerprint density at radius 1 is 1.00 bits per heavy atom. The number of guanidine groups is 1. The van der Waals surface area contributed by atoms with Crippen molar-refractivity contribution in [2.24, 2.45) is 22.4 Å². The molecule has 150 valence electrons. The number of carbonyl (C=O) groups is 3. The maximum absolute atomic E-state index is 12.8. The van der Waals surface area contributed by atoms with Gasteiger partial charge < -0.3 is 16.6 Å². The SMILES string of the molecule is NC(N)=NCCC[C@H]1C(=O)N(C(=O)c2ccc(-c3ccccc3)cc2)[C@@H]1C(=O)O. The molecule has 3 rings (SSSR count). The van der Waals surface area contributed by atoms with Crippen molar-refractivity contribution >= 4 is 23.7 Å². The third-order valence-corrected chi connectivity index (χ3v) is 4.89. The number of aliphatic carboxylic acids is 1. The molecular weight excluding hydrogens is 372 g/mol. The molecule has 2 amide bonds. The largest absolute Gasteiger partial charge is 0.480 e. The topological polar surface area (TPSA) is 139 Å². The lowest BCUT2D eigenvalue weighted by Crippen LogP contribution is -2.66. The van der Waals surface area contributed by atoms with Crippen LogP contribution in [0.3, 0.4) is 0 Å². The van der Waals surface area contributed by atoms with Gasteiger partial charge in [0.2, 0.25) is 5.91 Å². The average molecular weight is 394 g/mol. The summed E-state index contributed by atoms with van der Waals surface area (Å²) in [4.78, 5) is 41.5. The van der Waals surface area contributed by atoms with Gasteiger partial charge in [0.15, 0.2) is 5.96 Å². The van der Waals surface area contributed by atoms with Crippen LogP contribution in [-0.4, -0.2) is 46.3 Å². The summed E-state index contributed by atoms with van der Waals surface area (Å²) < 4.78 is 0. The van der Waals surface area contributed by atoms with E-state index in [4.69, 9.17) is 11.5 Å². The zero-order valence-corrected chi connectivity index (χ0v) is 15.7. The molecule has 1 aliphatic heterocycles. The number of hydrogen-bond donors (Lipinski definition) is 3. The number of nitrogens with zero attached hydrogens (tertiary/aromatic N) is 2. The Kier molecular flexibility index (Phi) is 5.92. The highest BCUT2D eigenvalue weighted by Gasteiger charge is 2.54. The van der Waals surface area contributed by atoms with Crippen molar-refractivity contribution in [2.45, 2.75) is 18.9 Å². The second-order valence-electron chi connectivity index (χ2n) is 6.80. The Morgan fingerprint density at radius 3 is 2.21 bits per heavy atom. The minimum Gasteiger partial charge on any atom is -0.480 e. The second kappa shape index (κ2) is 8.55. The van der Waals surface area contributed by atoms with Crippen molar-refractivity contribution in [1.29, 1.82) is 0 Å². The molecule has 2 atom stereocenters. The second-order valence-corrected chi connectivity index (χ2v) is 6.80. The normalized spacial score (nSPS) is 18.1. The number of carbonyl (C=O) groups excluding carboxylic acids is 2. The van der Waals surface area contributed by atoms with E-state index < -0.39 is 29.7 Å². The highest BCUT2D eigenvalue weighted by Crippen LogP contribution is 2.33. The van der Waals surface area contributed by atoms with E-state index >= 15 is 0 Å². The molecule has 1 aliphatic rings. The lowest BCUT2D eigenvalue weighted by Gasteiger charge is -2.43. The molecule has 29 heavy (non-hydrogen) atoms. The summed E-state index contributed by atoms with van der Waals surface area (Å²) in [5.41, 5.74) is 12.7. The third-order valence-electron chi connectivity index (χ3n) is 4.89. The van der Waals surface area contributed by atoms with Crippen LogP contribution in [0.15, 0.2) is 59.6 Å². The first-order chi connectivity index (χ1) is 13.9. The van der Waals surface area contributed by atoms with E-state index in [1.54, 1.807) is 24.3 Å². The molecule has 0 radical (unpaired) electrons. The summed E-state index contributed by atoms with van der Waals surface area (Å²) in [6.45, 7) is 0.299. The molecule has 0 aliphatic carbocycles. The third kappa shape index (κ3) is 4.26. The highest BCUT2D eigenvalue weighted by atomic mass is 16.4. The maximum atomic E-state index is 12.8. The first-order valence-corrected chi connectivity index (χ1v) is 9.21. The van der Waals surface area contributed by atoms with Crippen molar-refractivity contribution in [1.82, 2.24) is 4.90 Å². The van der Waals surface area contributed by atoms with Gasteiger partial charge in [-0.15, -0.1) is 0 Å². The number of imide groups is 1. The molecule has 8 nitrogen and oxygen atoms in total. The fourth-order valence-electron chi connectivity index (χ4n) is 3.43. The molecule has 1 saturated heterocycles. The van der Waals surface area contributed by atoms with Crippen LogP contribution in [0.2, 0.25) is 0 Å². The van der Waals surface area contributed by atoms with Gasteiger partial charge in [0.1, 0.15) is 6.04 Å². The van der Waals surface area contributed by atoms with Crippen molar-refractivity contribution in [3.63, 3.8) is 0 Å². The first-order valence-electron chi connectivity index (χ1n) is 9.21. The van der Waals surface area contributed by atoms with E-state index in [1.807, 2.05) is 30.3 Å². The van der Waals surface area contributed by atoms with Gasteiger partial charge in [-0.25, -0.2) is 4.79 Å². The van der Waals surface area contributed by atoms with E-state index in [9.17, 15) is 19.5 Å². The molecule has 1 heterocycles. The smallest absolute Gasteiger partial charge is 0.327 e. The molecule has 8 heteroatoms. The lowest BCUT2D eigenvalue weighted by atomic mass is 9.83. The summed E-state index contributed by atoms with van der Waals surface area (Å²) in [7, 11) is 0. The predicted octanol–water partition coefficient (Wildman–Crippen LogP) is 1.46. The average Bonchev–Trinajstić information content (AvgIpc) is 2.71. The van der Waals surface area contributed by atoms with E-state index in [1.165, 1.54) is 0 Å². The molecular formula is C21H22N4O4. The molecule has 5 N–H and O–H groups in total. The summed E-state index contributed by atoms with van der Waals surface area (Å²) >= 11 is 0.